The van der Waals surface area contributed by atoms with Gasteiger partial charge in [-0.3, -0.25) is 0 Å². The highest BCUT2D eigenvalue weighted by Gasteiger charge is 2.26. The van der Waals surface area contributed by atoms with E-state index in [9.17, 15) is 39.6 Å². The molecule has 4 aromatic heterocycles. The van der Waals surface area contributed by atoms with Crippen LogP contribution in [0.4, 0.5) is 0 Å². The Bertz CT molecular complexity index is 3640. The molecule has 1 aliphatic heterocycles. The van der Waals surface area contributed by atoms with Gasteiger partial charge in [-0.05, 0) is 107 Å². The highest BCUT2D eigenvalue weighted by Crippen LogP contribution is 2.43. The van der Waals surface area contributed by atoms with Crippen molar-refractivity contribution in [1.29, 1.82) is 0 Å². The van der Waals surface area contributed by atoms with Gasteiger partial charge in [0.1, 0.15) is 0 Å². The van der Waals surface area contributed by atoms with Crippen LogP contribution in [0.5, 0.6) is 0 Å². The van der Waals surface area contributed by atoms with Crippen molar-refractivity contribution in [1.82, 2.24) is 19.9 Å². The summed E-state index contributed by atoms with van der Waals surface area (Å²) < 4.78 is 0. The van der Waals surface area contributed by atoms with E-state index in [2.05, 4.69) is 19.9 Å². The van der Waals surface area contributed by atoms with Crippen LogP contribution in [0.2, 0.25) is 0 Å². The van der Waals surface area contributed by atoms with Crippen molar-refractivity contribution in [2.24, 2.45) is 0 Å². The van der Waals surface area contributed by atoms with Crippen LogP contribution in [0.1, 0.15) is 69.8 Å². The second-order valence-electron chi connectivity index (χ2n) is 15.4. The largest absolute Gasteiger partial charge is 0.478 e. The number of carboxylic acid groups (broad SMARTS) is 4. The number of rotatable bonds is 8. The van der Waals surface area contributed by atoms with Crippen molar-refractivity contribution in [3.05, 3.63) is 212 Å². The highest BCUT2D eigenvalue weighted by atomic mass is 16.4. The quantitative estimate of drug-likeness (QED) is 0.0797. The minimum atomic E-state index is -1.10. The number of fused-ring (bicyclic) bond motifs is 11. The fourth-order valence-electron chi connectivity index (χ4n) is 8.45. The van der Waals surface area contributed by atoms with E-state index in [0.29, 0.717) is 66.6 Å². The summed E-state index contributed by atoms with van der Waals surface area (Å²) in [5, 5.41) is 44.4. The first-order valence-electron chi connectivity index (χ1n) is 20.0. The van der Waals surface area contributed by atoms with E-state index in [-0.39, 0.29) is 22.3 Å². The third kappa shape index (κ3) is 6.96. The first kappa shape index (κ1) is 39.0. The maximum atomic E-state index is 12.2. The van der Waals surface area contributed by atoms with Gasteiger partial charge in [-0.15, -0.1) is 0 Å². The molecule has 1 aliphatic rings. The summed E-state index contributed by atoms with van der Waals surface area (Å²) >= 11 is 0. The molecule has 0 amide bonds. The number of H-pyrrole nitrogens is 4. The minimum absolute atomic E-state index is 0.0699. The van der Waals surface area contributed by atoms with E-state index < -0.39 is 23.9 Å². The van der Waals surface area contributed by atoms with Gasteiger partial charge in [0.2, 0.25) is 0 Å². The van der Waals surface area contributed by atoms with Crippen molar-refractivity contribution >= 4 is 58.5 Å². The molecule has 0 saturated heterocycles. The summed E-state index contributed by atoms with van der Waals surface area (Å²) in [6.45, 7) is 0. The van der Waals surface area contributed by atoms with E-state index in [0.717, 1.165) is 32.9 Å². The normalized spacial score (nSPS) is 12.0. The molecule has 10 rings (SSSR count). The number of aromatic amines is 4. The van der Waals surface area contributed by atoms with E-state index >= 15 is 0 Å². The van der Waals surface area contributed by atoms with Crippen LogP contribution in [0.25, 0.3) is 68.0 Å². The maximum Gasteiger partial charge on any atom is 0.335 e. The Morgan fingerprint density at radius 2 is 0.859 bits per heavy atom. The molecule has 0 unspecified atom stereocenters. The Morgan fingerprint density at radius 1 is 0.406 bits per heavy atom. The second-order valence-corrected chi connectivity index (χ2v) is 15.4. The number of benzene rings is 5. The third-order valence-electron chi connectivity index (χ3n) is 11.5. The third-order valence-corrected chi connectivity index (χ3v) is 11.5. The van der Waals surface area contributed by atoms with Crippen LogP contribution in [-0.4, -0.2) is 64.2 Å². The lowest BCUT2D eigenvalue weighted by atomic mass is 9.89. The minimum Gasteiger partial charge on any atom is -0.478 e. The van der Waals surface area contributed by atoms with Gasteiger partial charge >= 0.3 is 23.9 Å². The predicted molar refractivity (Wildman–Crippen MR) is 242 cm³/mol. The fourth-order valence-corrected chi connectivity index (χ4v) is 8.45. The zero-order valence-electron chi connectivity index (χ0n) is 33.4. The van der Waals surface area contributed by atoms with Crippen molar-refractivity contribution in [2.75, 3.05) is 0 Å². The summed E-state index contributed by atoms with van der Waals surface area (Å²) in [7, 11) is 0. The number of hydrogen-bond acceptors (Lipinski definition) is 4. The Labute approximate surface area is 361 Å². The van der Waals surface area contributed by atoms with Gasteiger partial charge in [0.15, 0.2) is 0 Å². The summed E-state index contributed by atoms with van der Waals surface area (Å²) in [4.78, 5) is 63.0. The SMILES string of the molecule is O=C(O)c1ccc(C2=c3[nH]c(cc3-c3ccc(C(=O)O)cc3)=Cc3ccc([nH]3)C=c3[nH]c(c4ccccc34)=Cc3[nH]c2c(-c2ccc(C(=O)O)cc2)c3-c2ccc(C(=O)O)cc2)cc1. The van der Waals surface area contributed by atoms with Gasteiger partial charge in [0.25, 0.3) is 0 Å². The molecule has 5 heterocycles. The van der Waals surface area contributed by atoms with Crippen LogP contribution in [-0.2, 0) is 0 Å². The van der Waals surface area contributed by atoms with E-state index in [1.807, 2.05) is 60.7 Å². The molecular formula is C52H34N4O8. The zero-order chi connectivity index (χ0) is 44.2. The fraction of sp³-hybridized carbons (Fsp3) is 0. The molecule has 0 spiro atoms. The summed E-state index contributed by atoms with van der Waals surface area (Å²) in [6, 6.07) is 40.0. The lowest BCUT2D eigenvalue weighted by Gasteiger charge is -2.14. The molecule has 64 heavy (non-hydrogen) atoms. The monoisotopic (exact) mass is 842 g/mol. The molecule has 0 saturated carbocycles. The smallest absolute Gasteiger partial charge is 0.335 e. The van der Waals surface area contributed by atoms with E-state index in [1.165, 1.54) is 48.5 Å². The van der Waals surface area contributed by atoms with E-state index in [4.69, 9.17) is 0 Å². The predicted octanol–water partition coefficient (Wildman–Crippen LogP) is 6.99. The van der Waals surface area contributed by atoms with Crippen molar-refractivity contribution in [3.8, 4) is 33.4 Å². The highest BCUT2D eigenvalue weighted by molar-refractivity contribution is 6.01. The molecule has 310 valence electrons. The molecular weight excluding hydrogens is 809 g/mol. The lowest BCUT2D eigenvalue weighted by molar-refractivity contribution is 0.0686. The summed E-state index contributed by atoms with van der Waals surface area (Å²) in [6.07, 6.45) is 5.99. The van der Waals surface area contributed by atoms with Gasteiger partial charge in [0.05, 0.1) is 33.3 Å². The Balaban J connectivity index is 1.43. The molecule has 0 aliphatic carbocycles. The van der Waals surface area contributed by atoms with E-state index in [1.54, 1.807) is 48.5 Å². The molecule has 12 heteroatoms. The van der Waals surface area contributed by atoms with Gasteiger partial charge in [-0.2, -0.15) is 0 Å². The number of aromatic carboxylic acids is 4. The van der Waals surface area contributed by atoms with Crippen LogP contribution in [0.3, 0.4) is 0 Å². The molecule has 0 fully saturated rings. The van der Waals surface area contributed by atoms with Crippen LogP contribution in [0, 0.1) is 0 Å². The molecule has 0 atom stereocenters. The number of carboxylic acids is 4. The van der Waals surface area contributed by atoms with Crippen LogP contribution < -0.4 is 21.4 Å². The van der Waals surface area contributed by atoms with Crippen molar-refractivity contribution in [2.45, 2.75) is 0 Å². The first-order valence-corrected chi connectivity index (χ1v) is 20.0. The second kappa shape index (κ2) is 15.4. The maximum absolute atomic E-state index is 12.2. The Morgan fingerprint density at radius 3 is 1.38 bits per heavy atom. The molecule has 8 N–H and O–H groups in total. The van der Waals surface area contributed by atoms with Crippen LogP contribution in [0.15, 0.2) is 140 Å². The number of carbonyl (C=O) groups is 4. The van der Waals surface area contributed by atoms with Gasteiger partial charge in [-0.25, -0.2) is 19.2 Å². The molecule has 8 bridgehead atoms. The standard InChI is InChI=1S/C52H34N4O8/c57-49(58)31-13-5-27(6-14-31)40-24-37-23-35-21-22-36(53-35)25-41-38-3-1-2-4-39(38)42(55-41)26-43-44(28-7-15-32(16-8-28)50(59)60)45(29-9-17-33(18-10-29)51(61)62)48(56-43)46(47(40)54-37)30-11-19-34(20-12-30)52(63)64/h1-26,53-56H,(H,57,58)(H,59,60)(H,61,62)(H,63,64). The average Bonchev–Trinajstić information content (AvgIpc) is 4.09. The van der Waals surface area contributed by atoms with Gasteiger partial charge in [0, 0.05) is 66.2 Å². The first-order chi connectivity index (χ1) is 31.0. The number of nitrogens with one attached hydrogen (secondary N) is 4. The summed E-state index contributed by atoms with van der Waals surface area (Å²) in [5.41, 5.74) is 8.32. The molecule has 0 radical (unpaired) electrons. The summed E-state index contributed by atoms with van der Waals surface area (Å²) in [5.74, 6) is -4.36. The number of hydrogen-bond donors (Lipinski definition) is 8. The lowest BCUT2D eigenvalue weighted by Crippen LogP contribution is -2.17. The topological polar surface area (TPSA) is 212 Å². The average molecular weight is 843 g/mol. The Kier molecular flexibility index (Phi) is 9.38. The van der Waals surface area contributed by atoms with Gasteiger partial charge < -0.3 is 40.4 Å². The molecule has 12 nitrogen and oxygen atoms in total. The molecule has 9 aromatic rings. The zero-order valence-corrected chi connectivity index (χ0v) is 33.4. The van der Waals surface area contributed by atoms with Crippen LogP contribution >= 0.6 is 0 Å². The van der Waals surface area contributed by atoms with Crippen molar-refractivity contribution in [3.63, 3.8) is 0 Å². The van der Waals surface area contributed by atoms with Gasteiger partial charge in [-0.1, -0.05) is 72.8 Å². The Hall–Kier alpha value is -9.16. The van der Waals surface area contributed by atoms with Crippen molar-refractivity contribution < 1.29 is 39.6 Å². The number of aromatic nitrogens is 4. The molecule has 5 aromatic carbocycles.